The van der Waals surface area contributed by atoms with E-state index >= 15 is 0 Å². The Balaban J connectivity index is 2.05. The first kappa shape index (κ1) is 14.6. The molecule has 0 unspecified atom stereocenters. The maximum Gasteiger partial charge on any atom is 0.293 e. The molecule has 0 N–H and O–H groups in total. The van der Waals surface area contributed by atoms with E-state index in [1.807, 2.05) is 32.0 Å². The molecule has 1 fully saturated rings. The Bertz CT molecular complexity index is 793. The van der Waals surface area contributed by atoms with E-state index in [-0.39, 0.29) is 11.1 Å². The van der Waals surface area contributed by atoms with Crippen molar-refractivity contribution in [2.75, 3.05) is 7.05 Å². The second-order valence-corrected chi connectivity index (χ2v) is 6.10. The van der Waals surface area contributed by atoms with E-state index < -0.39 is 0 Å². The average Bonchev–Trinajstić information content (AvgIpc) is 2.92. The van der Waals surface area contributed by atoms with Gasteiger partial charge in [0.2, 0.25) is 0 Å². The van der Waals surface area contributed by atoms with Crippen LogP contribution in [0.25, 0.3) is 11.8 Å². The maximum atomic E-state index is 12.0. The SMILES string of the molecule is Cc1cc(/C=C2\SC(=O)N(C)C2=O)c(C)n1-c1ccncc1. The fourth-order valence-electron chi connectivity index (χ4n) is 2.51. The van der Waals surface area contributed by atoms with Gasteiger partial charge in [0, 0.05) is 36.5 Å². The van der Waals surface area contributed by atoms with Crippen LogP contribution in [0.1, 0.15) is 17.0 Å². The lowest BCUT2D eigenvalue weighted by Gasteiger charge is -2.08. The highest BCUT2D eigenvalue weighted by Crippen LogP contribution is 2.32. The van der Waals surface area contributed by atoms with Gasteiger partial charge in [-0.25, -0.2) is 0 Å². The summed E-state index contributed by atoms with van der Waals surface area (Å²) in [7, 11) is 1.50. The van der Waals surface area contributed by atoms with Gasteiger partial charge in [0.15, 0.2) is 0 Å². The zero-order valence-electron chi connectivity index (χ0n) is 12.5. The lowest BCUT2D eigenvalue weighted by Crippen LogP contribution is -2.22. The number of hydrogen-bond donors (Lipinski definition) is 0. The predicted octanol–water partition coefficient (Wildman–Crippen LogP) is 3.16. The molecule has 3 rings (SSSR count). The van der Waals surface area contributed by atoms with Crippen molar-refractivity contribution in [2.24, 2.45) is 0 Å². The van der Waals surface area contributed by atoms with Crippen LogP contribution in [0, 0.1) is 13.8 Å². The lowest BCUT2D eigenvalue weighted by molar-refractivity contribution is -0.121. The van der Waals surface area contributed by atoms with Crippen LogP contribution >= 0.6 is 11.8 Å². The highest BCUT2D eigenvalue weighted by Gasteiger charge is 2.32. The Morgan fingerprint density at radius 3 is 2.45 bits per heavy atom. The van der Waals surface area contributed by atoms with Crippen LogP contribution < -0.4 is 0 Å². The first-order valence-corrected chi connectivity index (χ1v) is 7.61. The summed E-state index contributed by atoms with van der Waals surface area (Å²) in [5, 5.41) is -0.237. The molecule has 1 aliphatic rings. The molecule has 0 aromatic carbocycles. The Hall–Kier alpha value is -2.34. The van der Waals surface area contributed by atoms with Gasteiger partial charge >= 0.3 is 0 Å². The normalized spacial score (nSPS) is 16.9. The van der Waals surface area contributed by atoms with E-state index in [0.717, 1.165) is 39.3 Å². The van der Waals surface area contributed by atoms with E-state index in [2.05, 4.69) is 9.55 Å². The molecule has 0 bridgehead atoms. The van der Waals surface area contributed by atoms with E-state index in [1.165, 1.54) is 7.05 Å². The van der Waals surface area contributed by atoms with E-state index in [0.29, 0.717) is 4.91 Å². The van der Waals surface area contributed by atoms with Gasteiger partial charge in [-0.1, -0.05) is 0 Å². The van der Waals surface area contributed by atoms with Crippen LogP contribution in [0.4, 0.5) is 4.79 Å². The van der Waals surface area contributed by atoms with Crippen molar-refractivity contribution in [2.45, 2.75) is 13.8 Å². The van der Waals surface area contributed by atoms with Gasteiger partial charge in [-0.15, -0.1) is 0 Å². The molecule has 2 aromatic heterocycles. The molecule has 0 spiro atoms. The minimum absolute atomic E-state index is 0.237. The van der Waals surface area contributed by atoms with Crippen molar-refractivity contribution in [1.29, 1.82) is 0 Å². The monoisotopic (exact) mass is 313 g/mol. The van der Waals surface area contributed by atoms with Crippen molar-refractivity contribution in [3.8, 4) is 5.69 Å². The van der Waals surface area contributed by atoms with E-state index in [4.69, 9.17) is 0 Å². The fourth-order valence-corrected chi connectivity index (χ4v) is 3.33. The number of rotatable bonds is 2. The van der Waals surface area contributed by atoms with E-state index in [1.54, 1.807) is 18.5 Å². The van der Waals surface area contributed by atoms with Gasteiger partial charge < -0.3 is 4.57 Å². The summed E-state index contributed by atoms with van der Waals surface area (Å²) >= 11 is 0.976. The van der Waals surface area contributed by atoms with Crippen LogP contribution in [-0.2, 0) is 4.79 Å². The number of carbonyl (C=O) groups is 2. The number of likely N-dealkylation sites (N-methyl/N-ethyl adjacent to an activating group) is 1. The van der Waals surface area contributed by atoms with Crippen molar-refractivity contribution in [1.82, 2.24) is 14.5 Å². The maximum absolute atomic E-state index is 12.0. The Morgan fingerprint density at radius 2 is 1.86 bits per heavy atom. The van der Waals surface area contributed by atoms with E-state index in [9.17, 15) is 9.59 Å². The van der Waals surface area contributed by atoms with Gasteiger partial charge in [0.25, 0.3) is 11.1 Å². The highest BCUT2D eigenvalue weighted by atomic mass is 32.2. The minimum atomic E-state index is -0.247. The van der Waals surface area contributed by atoms with Crippen LogP contribution in [0.2, 0.25) is 0 Å². The summed E-state index contributed by atoms with van der Waals surface area (Å²) in [5.41, 5.74) is 4.04. The number of thioether (sulfide) groups is 1. The lowest BCUT2D eigenvalue weighted by atomic mass is 10.2. The minimum Gasteiger partial charge on any atom is -0.318 e. The zero-order valence-corrected chi connectivity index (χ0v) is 13.3. The molecule has 2 amide bonds. The molecule has 112 valence electrons. The second kappa shape index (κ2) is 5.46. The summed E-state index contributed by atoms with van der Waals surface area (Å²) in [6, 6.07) is 5.88. The molecule has 2 aromatic rings. The topological polar surface area (TPSA) is 55.2 Å². The number of amides is 2. The van der Waals surface area contributed by atoms with Gasteiger partial charge in [0.1, 0.15) is 0 Å². The van der Waals surface area contributed by atoms with Gasteiger partial charge in [-0.3, -0.25) is 19.5 Å². The fraction of sp³-hybridized carbons (Fsp3) is 0.188. The second-order valence-electron chi connectivity index (χ2n) is 5.11. The largest absolute Gasteiger partial charge is 0.318 e. The third kappa shape index (κ3) is 2.35. The first-order chi connectivity index (χ1) is 10.5. The molecule has 1 aliphatic heterocycles. The summed E-state index contributed by atoms with van der Waals surface area (Å²) in [6.45, 7) is 4.01. The quantitative estimate of drug-likeness (QED) is 0.799. The molecule has 0 radical (unpaired) electrons. The van der Waals surface area contributed by atoms with Crippen LogP contribution in [0.5, 0.6) is 0 Å². The van der Waals surface area contributed by atoms with Gasteiger partial charge in [-0.2, -0.15) is 0 Å². The molecule has 22 heavy (non-hydrogen) atoms. The number of imide groups is 1. The van der Waals surface area contributed by atoms with Crippen LogP contribution in [0.3, 0.4) is 0 Å². The molecular formula is C16H15N3O2S. The first-order valence-electron chi connectivity index (χ1n) is 6.80. The predicted molar refractivity (Wildman–Crippen MR) is 86.8 cm³/mol. The molecule has 5 nitrogen and oxygen atoms in total. The van der Waals surface area contributed by atoms with Crippen LogP contribution in [-0.4, -0.2) is 32.6 Å². The summed E-state index contributed by atoms with van der Waals surface area (Å²) < 4.78 is 2.10. The van der Waals surface area contributed by atoms with Crippen LogP contribution in [0.15, 0.2) is 35.5 Å². The molecule has 1 saturated heterocycles. The zero-order chi connectivity index (χ0) is 15.9. The highest BCUT2D eigenvalue weighted by molar-refractivity contribution is 8.18. The number of carbonyl (C=O) groups excluding carboxylic acids is 2. The average molecular weight is 313 g/mol. The van der Waals surface area contributed by atoms with Gasteiger partial charge in [-0.05, 0) is 55.4 Å². The molecule has 0 atom stereocenters. The third-order valence-corrected chi connectivity index (χ3v) is 4.63. The molecule has 3 heterocycles. The number of hydrogen-bond acceptors (Lipinski definition) is 4. The van der Waals surface area contributed by atoms with Crippen molar-refractivity contribution < 1.29 is 9.59 Å². The van der Waals surface area contributed by atoms with Crippen molar-refractivity contribution >= 4 is 29.0 Å². The summed E-state index contributed by atoms with van der Waals surface area (Å²) in [5.74, 6) is -0.247. The standard InChI is InChI=1S/C16H15N3O2S/c1-10-8-12(9-14-15(20)18(3)16(21)22-14)11(2)19(10)13-4-6-17-7-5-13/h4-9H,1-3H3/b14-9-. The number of nitrogens with zero attached hydrogens (tertiary/aromatic N) is 3. The Morgan fingerprint density at radius 1 is 1.18 bits per heavy atom. The van der Waals surface area contributed by atoms with Crippen molar-refractivity contribution in [3.05, 3.63) is 52.4 Å². The molecule has 0 saturated carbocycles. The smallest absolute Gasteiger partial charge is 0.293 e. The summed E-state index contributed by atoms with van der Waals surface area (Å²) in [4.78, 5) is 29.2. The summed E-state index contributed by atoms with van der Waals surface area (Å²) in [6.07, 6.45) is 5.28. The van der Waals surface area contributed by atoms with Crippen molar-refractivity contribution in [3.63, 3.8) is 0 Å². The molecule has 0 aliphatic carbocycles. The number of pyridine rings is 1. The molecular weight excluding hydrogens is 298 g/mol. The molecule has 6 heteroatoms. The number of aryl methyl sites for hydroxylation is 1. The van der Waals surface area contributed by atoms with Gasteiger partial charge in [0.05, 0.1) is 4.91 Å². The Labute approximate surface area is 132 Å². The Kier molecular flexibility index (Phi) is 3.62. The number of aromatic nitrogens is 2. The third-order valence-electron chi connectivity index (χ3n) is 3.66.